The van der Waals surface area contributed by atoms with Gasteiger partial charge in [-0.2, -0.15) is 15.0 Å². The van der Waals surface area contributed by atoms with Crippen LogP contribution >= 0.6 is 23.4 Å². The Bertz CT molecular complexity index is 688. The van der Waals surface area contributed by atoms with Gasteiger partial charge in [-0.05, 0) is 44.1 Å². The Balaban J connectivity index is 2.33. The molecule has 0 unspecified atom stereocenters. The third-order valence-corrected chi connectivity index (χ3v) is 3.58. The van der Waals surface area contributed by atoms with Crippen LogP contribution in [0.25, 0.3) is 0 Å². The fourth-order valence-corrected chi connectivity index (χ4v) is 2.68. The first-order valence-electron chi connectivity index (χ1n) is 6.44. The lowest BCUT2D eigenvalue weighted by Gasteiger charge is -2.18. The van der Waals surface area contributed by atoms with Crippen molar-refractivity contribution in [1.29, 1.82) is 0 Å². The first kappa shape index (κ1) is 15.7. The van der Waals surface area contributed by atoms with Gasteiger partial charge in [-0.3, -0.25) is 4.79 Å². The second-order valence-electron chi connectivity index (χ2n) is 4.15. The number of hydrogen-bond acceptors (Lipinski definition) is 7. The topological polar surface area (TPSA) is 87.7 Å². The molecule has 2 aromatic heterocycles. The van der Waals surface area contributed by atoms with E-state index in [0.29, 0.717) is 22.0 Å². The zero-order valence-corrected chi connectivity index (χ0v) is 13.5. The molecule has 112 valence electrons. The van der Waals surface area contributed by atoms with Gasteiger partial charge in [-0.25, -0.2) is 4.98 Å². The minimum absolute atomic E-state index is 0.115. The molecule has 0 radical (unpaired) electrons. The molecule has 0 saturated heterocycles. The zero-order valence-electron chi connectivity index (χ0n) is 11.9. The molecule has 0 fully saturated rings. The highest BCUT2D eigenvalue weighted by Crippen LogP contribution is 2.23. The molecule has 2 rings (SSSR count). The molecule has 0 amide bonds. The molecular weight excluding hydrogens is 312 g/mol. The largest absolute Gasteiger partial charge is 0.341 e. The van der Waals surface area contributed by atoms with Gasteiger partial charge in [0.05, 0.1) is 0 Å². The first-order valence-corrected chi connectivity index (χ1v) is 7.63. The Morgan fingerprint density at radius 2 is 1.95 bits per heavy atom. The normalized spacial score (nSPS) is 10.7. The lowest BCUT2D eigenvalue weighted by atomic mass is 10.5. The van der Waals surface area contributed by atoms with Crippen LogP contribution in [0.5, 0.6) is 0 Å². The van der Waals surface area contributed by atoms with Crippen molar-refractivity contribution in [2.45, 2.75) is 31.1 Å². The summed E-state index contributed by atoms with van der Waals surface area (Å²) in [6, 6.07) is 1.42. The number of rotatable bonds is 5. The number of aromatic amines is 1. The van der Waals surface area contributed by atoms with Gasteiger partial charge in [0.15, 0.2) is 5.16 Å². The molecule has 0 aliphatic heterocycles. The van der Waals surface area contributed by atoms with E-state index in [9.17, 15) is 4.79 Å². The summed E-state index contributed by atoms with van der Waals surface area (Å²) in [4.78, 5) is 32.8. The standard InChI is InChI=1S/C12H15ClN6OS/c1-4-19(5-2)10-16-9(13)17-12(18-10)21-11-14-7(3)6-8(20)15-11/h6H,4-5H2,1-3H3,(H,14,15,20). The maximum atomic E-state index is 11.4. The third kappa shape index (κ3) is 4.15. The van der Waals surface area contributed by atoms with Crippen molar-refractivity contribution in [2.24, 2.45) is 0 Å². The second kappa shape index (κ2) is 6.86. The SMILES string of the molecule is CCN(CC)c1nc(Cl)nc(Sc2nc(C)cc(=O)[nH]2)n1. The van der Waals surface area contributed by atoms with Gasteiger partial charge >= 0.3 is 0 Å². The molecular formula is C12H15ClN6OS. The van der Waals surface area contributed by atoms with E-state index in [4.69, 9.17) is 11.6 Å². The summed E-state index contributed by atoms with van der Waals surface area (Å²) in [6.45, 7) is 7.29. The van der Waals surface area contributed by atoms with Crippen LogP contribution in [-0.4, -0.2) is 38.0 Å². The Morgan fingerprint density at radius 1 is 1.24 bits per heavy atom. The molecule has 0 aromatic carbocycles. The quantitative estimate of drug-likeness (QED) is 0.840. The lowest BCUT2D eigenvalue weighted by molar-refractivity contribution is 0.779. The molecule has 0 bridgehead atoms. The van der Waals surface area contributed by atoms with E-state index in [1.807, 2.05) is 18.7 Å². The second-order valence-corrected chi connectivity index (χ2v) is 5.45. The molecule has 0 aliphatic rings. The van der Waals surface area contributed by atoms with Crippen LogP contribution in [0.2, 0.25) is 5.28 Å². The highest BCUT2D eigenvalue weighted by Gasteiger charge is 2.12. The van der Waals surface area contributed by atoms with Gasteiger partial charge in [0.2, 0.25) is 16.4 Å². The highest BCUT2D eigenvalue weighted by atomic mass is 35.5. The van der Waals surface area contributed by atoms with Crippen LogP contribution in [0.4, 0.5) is 5.95 Å². The summed E-state index contributed by atoms with van der Waals surface area (Å²) in [5.41, 5.74) is 0.416. The van der Waals surface area contributed by atoms with Crippen LogP contribution in [0.1, 0.15) is 19.5 Å². The van der Waals surface area contributed by atoms with E-state index in [0.717, 1.165) is 24.9 Å². The van der Waals surface area contributed by atoms with Crippen molar-refractivity contribution >= 4 is 29.3 Å². The van der Waals surface area contributed by atoms with Crippen LogP contribution in [-0.2, 0) is 0 Å². The average Bonchev–Trinajstić information content (AvgIpc) is 2.38. The Morgan fingerprint density at radius 3 is 2.57 bits per heavy atom. The van der Waals surface area contributed by atoms with Crippen LogP contribution in [0, 0.1) is 6.92 Å². The van der Waals surface area contributed by atoms with Crippen molar-refractivity contribution in [3.8, 4) is 0 Å². The van der Waals surface area contributed by atoms with Crippen molar-refractivity contribution < 1.29 is 0 Å². The van der Waals surface area contributed by atoms with E-state index >= 15 is 0 Å². The minimum Gasteiger partial charge on any atom is -0.341 e. The van der Waals surface area contributed by atoms with E-state index in [1.165, 1.54) is 6.07 Å². The fourth-order valence-electron chi connectivity index (χ4n) is 1.70. The maximum Gasteiger partial charge on any atom is 0.251 e. The Labute approximate surface area is 131 Å². The molecule has 1 N–H and O–H groups in total. The number of nitrogens with zero attached hydrogens (tertiary/aromatic N) is 5. The number of H-pyrrole nitrogens is 1. The summed E-state index contributed by atoms with van der Waals surface area (Å²) in [7, 11) is 0. The number of halogens is 1. The van der Waals surface area contributed by atoms with Crippen molar-refractivity contribution in [3.63, 3.8) is 0 Å². The summed E-state index contributed by atoms with van der Waals surface area (Å²) in [5, 5.41) is 0.933. The van der Waals surface area contributed by atoms with Crippen molar-refractivity contribution in [2.75, 3.05) is 18.0 Å². The summed E-state index contributed by atoms with van der Waals surface area (Å²) in [5.74, 6) is 0.512. The molecule has 7 nitrogen and oxygen atoms in total. The van der Waals surface area contributed by atoms with Crippen molar-refractivity contribution in [1.82, 2.24) is 24.9 Å². The summed E-state index contributed by atoms with van der Waals surface area (Å²) < 4.78 is 0. The molecule has 9 heteroatoms. The molecule has 2 heterocycles. The summed E-state index contributed by atoms with van der Waals surface area (Å²) >= 11 is 7.08. The lowest BCUT2D eigenvalue weighted by Crippen LogP contribution is -2.24. The van der Waals surface area contributed by atoms with Gasteiger partial charge in [0, 0.05) is 24.8 Å². The molecule has 0 spiro atoms. The number of anilines is 1. The average molecular weight is 327 g/mol. The first-order chi connectivity index (χ1) is 10.0. The van der Waals surface area contributed by atoms with E-state index in [-0.39, 0.29) is 10.8 Å². The molecule has 0 aliphatic carbocycles. The highest BCUT2D eigenvalue weighted by molar-refractivity contribution is 7.99. The van der Waals surface area contributed by atoms with Gasteiger partial charge in [-0.15, -0.1) is 0 Å². The maximum absolute atomic E-state index is 11.4. The number of aryl methyl sites for hydroxylation is 1. The Kier molecular flexibility index (Phi) is 5.13. The number of aromatic nitrogens is 5. The third-order valence-electron chi connectivity index (χ3n) is 2.66. The van der Waals surface area contributed by atoms with Crippen molar-refractivity contribution in [3.05, 3.63) is 27.4 Å². The van der Waals surface area contributed by atoms with Gasteiger partial charge in [-0.1, -0.05) is 0 Å². The monoisotopic (exact) mass is 326 g/mol. The zero-order chi connectivity index (χ0) is 15.4. The smallest absolute Gasteiger partial charge is 0.251 e. The van der Waals surface area contributed by atoms with Crippen LogP contribution in [0.15, 0.2) is 21.2 Å². The van der Waals surface area contributed by atoms with E-state index in [1.54, 1.807) is 6.92 Å². The van der Waals surface area contributed by atoms with Crippen LogP contribution in [0.3, 0.4) is 0 Å². The van der Waals surface area contributed by atoms with E-state index in [2.05, 4.69) is 24.9 Å². The molecule has 21 heavy (non-hydrogen) atoms. The fraction of sp³-hybridized carbons (Fsp3) is 0.417. The Hall–Kier alpha value is -1.67. The molecule has 2 aromatic rings. The summed E-state index contributed by atoms with van der Waals surface area (Å²) in [6.07, 6.45) is 0. The molecule has 0 atom stereocenters. The number of hydrogen-bond donors (Lipinski definition) is 1. The predicted octanol–water partition coefficient (Wildman–Crippen LogP) is 1.91. The van der Waals surface area contributed by atoms with E-state index < -0.39 is 0 Å². The van der Waals surface area contributed by atoms with Gasteiger partial charge in [0.25, 0.3) is 5.56 Å². The van der Waals surface area contributed by atoms with Gasteiger partial charge in [0.1, 0.15) is 0 Å². The minimum atomic E-state index is -0.214. The number of nitrogens with one attached hydrogen (secondary N) is 1. The van der Waals surface area contributed by atoms with Crippen LogP contribution < -0.4 is 10.5 Å². The van der Waals surface area contributed by atoms with Gasteiger partial charge < -0.3 is 9.88 Å². The predicted molar refractivity (Wildman–Crippen MR) is 82.1 cm³/mol. The molecule has 0 saturated carbocycles.